The van der Waals surface area contributed by atoms with Gasteiger partial charge in [0.1, 0.15) is 5.75 Å². The second-order valence-corrected chi connectivity index (χ2v) is 5.94. The van der Waals surface area contributed by atoms with Gasteiger partial charge in [0, 0.05) is 11.6 Å². The Morgan fingerprint density at radius 3 is 2.61 bits per heavy atom. The number of rotatable bonds is 7. The summed E-state index contributed by atoms with van der Waals surface area (Å²) in [6.45, 7) is 4.52. The smallest absolute Gasteiger partial charge is 0.261 e. The molecule has 0 saturated carbocycles. The number of hydrogen-bond donors (Lipinski definition) is 1. The topological polar surface area (TPSA) is 38.3 Å². The molecule has 1 atom stereocenters. The van der Waals surface area contributed by atoms with Crippen molar-refractivity contribution in [2.45, 2.75) is 32.8 Å². The van der Waals surface area contributed by atoms with Gasteiger partial charge in [0.15, 0.2) is 6.10 Å². The Balaban J connectivity index is 1.83. The van der Waals surface area contributed by atoms with Crippen molar-refractivity contribution in [2.75, 3.05) is 6.54 Å². The first-order valence-corrected chi connectivity index (χ1v) is 8.21. The number of ether oxygens (including phenoxy) is 1. The molecule has 2 aromatic carbocycles. The Morgan fingerprint density at radius 1 is 1.22 bits per heavy atom. The van der Waals surface area contributed by atoms with Crippen LogP contribution in [0, 0.1) is 6.92 Å². The second-order valence-electron chi connectivity index (χ2n) is 5.50. The monoisotopic (exact) mass is 331 g/mol. The molecule has 0 fully saturated rings. The number of amides is 1. The predicted molar refractivity (Wildman–Crippen MR) is 94.1 cm³/mol. The van der Waals surface area contributed by atoms with Crippen LogP contribution in [0.5, 0.6) is 5.75 Å². The number of carbonyl (C=O) groups excluding carboxylic acids is 1. The maximum Gasteiger partial charge on any atom is 0.261 e. The number of hydrogen-bond acceptors (Lipinski definition) is 2. The van der Waals surface area contributed by atoms with E-state index in [0.717, 1.165) is 28.3 Å². The van der Waals surface area contributed by atoms with Crippen molar-refractivity contribution in [1.82, 2.24) is 5.32 Å². The van der Waals surface area contributed by atoms with Crippen molar-refractivity contribution in [3.05, 3.63) is 64.7 Å². The molecule has 0 unspecified atom stereocenters. The average molecular weight is 332 g/mol. The maximum absolute atomic E-state index is 12.3. The van der Waals surface area contributed by atoms with Crippen LogP contribution >= 0.6 is 11.6 Å². The molecular weight excluding hydrogens is 310 g/mol. The first kappa shape index (κ1) is 17.4. The van der Waals surface area contributed by atoms with E-state index in [1.807, 2.05) is 62.4 Å². The van der Waals surface area contributed by atoms with Crippen LogP contribution in [0.25, 0.3) is 0 Å². The molecule has 0 spiro atoms. The molecule has 1 N–H and O–H groups in total. The lowest BCUT2D eigenvalue weighted by molar-refractivity contribution is -0.128. The molecule has 0 radical (unpaired) electrons. The average Bonchev–Trinajstić information content (AvgIpc) is 2.54. The molecular formula is C19H22ClNO2. The fourth-order valence-corrected chi connectivity index (χ4v) is 2.40. The van der Waals surface area contributed by atoms with Crippen molar-refractivity contribution in [3.63, 3.8) is 0 Å². The van der Waals surface area contributed by atoms with Gasteiger partial charge in [-0.15, -0.1) is 0 Å². The van der Waals surface area contributed by atoms with Crippen LogP contribution in [0.3, 0.4) is 0 Å². The molecule has 0 aliphatic carbocycles. The summed E-state index contributed by atoms with van der Waals surface area (Å²) < 4.78 is 5.80. The summed E-state index contributed by atoms with van der Waals surface area (Å²) >= 11 is 5.86. The van der Waals surface area contributed by atoms with E-state index in [1.165, 1.54) is 0 Å². The number of nitrogens with one attached hydrogen (secondary N) is 1. The third kappa shape index (κ3) is 5.61. The van der Waals surface area contributed by atoms with Crippen LogP contribution in [0.1, 0.15) is 24.5 Å². The van der Waals surface area contributed by atoms with Gasteiger partial charge in [0.2, 0.25) is 0 Å². The Kier molecular flexibility index (Phi) is 6.48. The van der Waals surface area contributed by atoms with Crippen LogP contribution < -0.4 is 10.1 Å². The molecule has 0 saturated heterocycles. The summed E-state index contributed by atoms with van der Waals surface area (Å²) in [6.07, 6.45) is 0.923. The van der Waals surface area contributed by atoms with Gasteiger partial charge in [-0.25, -0.2) is 0 Å². The first-order valence-electron chi connectivity index (χ1n) is 7.84. The zero-order valence-corrected chi connectivity index (χ0v) is 14.3. The summed E-state index contributed by atoms with van der Waals surface area (Å²) in [5.41, 5.74) is 2.25. The van der Waals surface area contributed by atoms with E-state index in [-0.39, 0.29) is 5.91 Å². The van der Waals surface area contributed by atoms with Crippen LogP contribution in [0.15, 0.2) is 48.5 Å². The zero-order chi connectivity index (χ0) is 16.7. The minimum atomic E-state index is -0.470. The van der Waals surface area contributed by atoms with Crippen molar-refractivity contribution in [3.8, 4) is 5.75 Å². The minimum Gasteiger partial charge on any atom is -0.481 e. The van der Waals surface area contributed by atoms with Gasteiger partial charge < -0.3 is 10.1 Å². The summed E-state index contributed by atoms with van der Waals surface area (Å²) in [5.74, 6) is 0.646. The lowest BCUT2D eigenvalue weighted by Gasteiger charge is -2.17. The molecule has 2 aromatic rings. The van der Waals surface area contributed by atoms with Crippen LogP contribution in [-0.2, 0) is 11.2 Å². The highest BCUT2D eigenvalue weighted by Crippen LogP contribution is 2.15. The van der Waals surface area contributed by atoms with E-state index in [1.54, 1.807) is 0 Å². The predicted octanol–water partition coefficient (Wildman–Crippen LogP) is 4.16. The molecule has 3 nitrogen and oxygen atoms in total. The van der Waals surface area contributed by atoms with Gasteiger partial charge in [-0.3, -0.25) is 4.79 Å². The standard InChI is InChI=1S/C19H22ClNO2/c1-3-18(23-17-6-4-5-14(2)13-17)19(22)21-12-11-15-7-9-16(20)10-8-15/h4-10,13,18H,3,11-12H2,1-2H3,(H,21,22)/t18-/m0/s1. The quantitative estimate of drug-likeness (QED) is 0.827. The molecule has 1 amide bonds. The highest BCUT2D eigenvalue weighted by atomic mass is 35.5. The van der Waals surface area contributed by atoms with E-state index in [0.29, 0.717) is 13.0 Å². The highest BCUT2D eigenvalue weighted by molar-refractivity contribution is 6.30. The minimum absolute atomic E-state index is 0.0806. The Labute approximate surface area is 142 Å². The Hall–Kier alpha value is -2.00. The van der Waals surface area contributed by atoms with Crippen molar-refractivity contribution >= 4 is 17.5 Å². The van der Waals surface area contributed by atoms with Gasteiger partial charge in [-0.1, -0.05) is 42.8 Å². The fourth-order valence-electron chi connectivity index (χ4n) is 2.27. The molecule has 122 valence electrons. The molecule has 4 heteroatoms. The number of aryl methyl sites for hydroxylation is 1. The molecule has 0 aromatic heterocycles. The maximum atomic E-state index is 12.3. The number of benzene rings is 2. The third-order valence-electron chi connectivity index (χ3n) is 3.56. The van der Waals surface area contributed by atoms with Gasteiger partial charge in [-0.05, 0) is 55.2 Å². The molecule has 0 aliphatic rings. The highest BCUT2D eigenvalue weighted by Gasteiger charge is 2.17. The van der Waals surface area contributed by atoms with Gasteiger partial charge in [0.05, 0.1) is 0 Å². The van der Waals surface area contributed by atoms with Crippen LogP contribution in [0.2, 0.25) is 5.02 Å². The molecule has 0 aliphatic heterocycles. The van der Waals surface area contributed by atoms with E-state index in [4.69, 9.17) is 16.3 Å². The summed E-state index contributed by atoms with van der Waals surface area (Å²) in [5, 5.41) is 3.65. The third-order valence-corrected chi connectivity index (χ3v) is 3.81. The lowest BCUT2D eigenvalue weighted by Crippen LogP contribution is -2.38. The SMILES string of the molecule is CC[C@H](Oc1cccc(C)c1)C(=O)NCCc1ccc(Cl)cc1. The Bertz CT molecular complexity index is 640. The van der Waals surface area contributed by atoms with Crippen molar-refractivity contribution in [2.24, 2.45) is 0 Å². The molecule has 0 bridgehead atoms. The van der Waals surface area contributed by atoms with E-state index in [9.17, 15) is 4.79 Å². The van der Waals surface area contributed by atoms with Gasteiger partial charge in [-0.2, -0.15) is 0 Å². The van der Waals surface area contributed by atoms with Gasteiger partial charge >= 0.3 is 0 Å². The lowest BCUT2D eigenvalue weighted by atomic mass is 10.1. The number of halogens is 1. The summed E-state index contributed by atoms with van der Waals surface area (Å²) in [6, 6.07) is 15.4. The van der Waals surface area contributed by atoms with Crippen molar-refractivity contribution in [1.29, 1.82) is 0 Å². The molecule has 23 heavy (non-hydrogen) atoms. The normalized spacial score (nSPS) is 11.8. The number of carbonyl (C=O) groups is 1. The summed E-state index contributed by atoms with van der Waals surface area (Å²) in [4.78, 5) is 12.3. The largest absolute Gasteiger partial charge is 0.481 e. The van der Waals surface area contributed by atoms with Crippen LogP contribution in [-0.4, -0.2) is 18.6 Å². The van der Waals surface area contributed by atoms with Crippen LogP contribution in [0.4, 0.5) is 0 Å². The first-order chi connectivity index (χ1) is 11.1. The molecule has 2 rings (SSSR count). The Morgan fingerprint density at radius 2 is 1.96 bits per heavy atom. The second kappa shape index (κ2) is 8.59. The van der Waals surface area contributed by atoms with E-state index < -0.39 is 6.10 Å². The fraction of sp³-hybridized carbons (Fsp3) is 0.316. The van der Waals surface area contributed by atoms with Gasteiger partial charge in [0.25, 0.3) is 5.91 Å². The van der Waals surface area contributed by atoms with Crippen molar-refractivity contribution < 1.29 is 9.53 Å². The zero-order valence-electron chi connectivity index (χ0n) is 13.5. The van der Waals surface area contributed by atoms with E-state index >= 15 is 0 Å². The van der Waals surface area contributed by atoms with E-state index in [2.05, 4.69) is 5.32 Å². The molecule has 0 heterocycles. The summed E-state index contributed by atoms with van der Waals surface area (Å²) in [7, 11) is 0.